The number of amides is 2. The van der Waals surface area contributed by atoms with E-state index in [0.29, 0.717) is 18.6 Å². The largest absolute Gasteiger partial charge is 0.421 e. The molecule has 0 aromatic rings. The van der Waals surface area contributed by atoms with Gasteiger partial charge in [-0.15, -0.1) is 4.28 Å². The summed E-state index contributed by atoms with van der Waals surface area (Å²) in [5, 5.41) is 0.839. The van der Waals surface area contributed by atoms with Crippen LogP contribution >= 0.6 is 11.8 Å². The topological polar surface area (TPSA) is 133 Å². The third kappa shape index (κ3) is 5.46. The summed E-state index contributed by atoms with van der Waals surface area (Å²) in [4.78, 5) is 34.8. The lowest BCUT2D eigenvalue weighted by molar-refractivity contribution is -0.160. The summed E-state index contributed by atoms with van der Waals surface area (Å²) >= 11 is 1.23. The molecule has 1 heterocycles. The number of hydrogen-bond donors (Lipinski definition) is 1. The van der Waals surface area contributed by atoms with E-state index < -0.39 is 45.5 Å². The van der Waals surface area contributed by atoms with Crippen molar-refractivity contribution in [2.75, 3.05) is 12.4 Å². The molecule has 0 aromatic carbocycles. The Balaban J connectivity index is 1.87. The summed E-state index contributed by atoms with van der Waals surface area (Å²) in [6.07, 6.45) is 1.84. The van der Waals surface area contributed by atoms with E-state index in [2.05, 4.69) is 0 Å². The highest BCUT2D eigenvalue weighted by Crippen LogP contribution is 2.50. The van der Waals surface area contributed by atoms with Crippen molar-refractivity contribution in [3.63, 3.8) is 0 Å². The molecule has 1 saturated carbocycles. The van der Waals surface area contributed by atoms with Crippen molar-refractivity contribution in [2.45, 2.75) is 53.0 Å². The Bertz CT molecular complexity index is 738. The number of primary amides is 1. The SMILES string of the molecule is CC(=O)SCCCC(C)(C)COS(=O)(=O)ON1C(=O)C2[C@@H](C[C@H]2C(N)=O)[C@@H]1C. The molecular weight excluding hydrogens is 408 g/mol. The van der Waals surface area contributed by atoms with Crippen LogP contribution in [0.15, 0.2) is 0 Å². The van der Waals surface area contributed by atoms with Gasteiger partial charge in [0.05, 0.1) is 24.5 Å². The van der Waals surface area contributed by atoms with Crippen molar-refractivity contribution >= 4 is 39.1 Å². The molecule has 9 nitrogen and oxygen atoms in total. The second-order valence-corrected chi connectivity index (χ2v) is 10.7. The first-order valence-electron chi connectivity index (χ1n) is 9.19. The third-order valence-corrected chi connectivity index (χ3v) is 7.00. The zero-order chi connectivity index (χ0) is 21.3. The molecule has 0 spiro atoms. The Kier molecular flexibility index (Phi) is 7.17. The maximum atomic E-state index is 12.4. The van der Waals surface area contributed by atoms with Crippen molar-refractivity contribution in [3.8, 4) is 0 Å². The Morgan fingerprint density at radius 3 is 2.57 bits per heavy atom. The molecule has 4 atom stereocenters. The van der Waals surface area contributed by atoms with Gasteiger partial charge < -0.3 is 5.73 Å². The van der Waals surface area contributed by atoms with Gasteiger partial charge in [0.2, 0.25) is 5.91 Å². The predicted octanol–water partition coefficient (Wildman–Crippen LogP) is 1.23. The highest BCUT2D eigenvalue weighted by atomic mass is 32.3. The first-order chi connectivity index (χ1) is 12.8. The standard InChI is InChI=1S/C17H28N2O7S2/c1-10-12-8-13(15(18)21)14(12)16(22)19(10)26-28(23,24)25-9-17(3,4)6-5-7-27-11(2)20/h10,12-14H,5-9H2,1-4H3,(H2,18,21)/t10-,12-,13+,14?/m0/s1. The van der Waals surface area contributed by atoms with Crippen LogP contribution in [0, 0.1) is 23.2 Å². The van der Waals surface area contributed by atoms with Gasteiger partial charge in [0.15, 0.2) is 5.12 Å². The van der Waals surface area contributed by atoms with E-state index >= 15 is 0 Å². The smallest absolute Gasteiger partial charge is 0.369 e. The molecule has 1 aliphatic heterocycles. The summed E-state index contributed by atoms with van der Waals surface area (Å²) in [6, 6.07) is -0.483. The lowest BCUT2D eigenvalue weighted by Crippen LogP contribution is -2.46. The molecule has 1 aliphatic carbocycles. The lowest BCUT2D eigenvalue weighted by Gasteiger charge is -2.36. The van der Waals surface area contributed by atoms with Crippen LogP contribution in [0.1, 0.15) is 47.0 Å². The van der Waals surface area contributed by atoms with Gasteiger partial charge in [0.1, 0.15) is 0 Å². The minimum Gasteiger partial charge on any atom is -0.369 e. The molecule has 1 saturated heterocycles. The van der Waals surface area contributed by atoms with E-state index in [1.807, 2.05) is 13.8 Å². The Morgan fingerprint density at radius 1 is 1.36 bits per heavy atom. The summed E-state index contributed by atoms with van der Waals surface area (Å²) in [7, 11) is -4.44. The van der Waals surface area contributed by atoms with E-state index in [1.54, 1.807) is 6.92 Å². The fourth-order valence-corrected chi connectivity index (χ4v) is 5.14. The van der Waals surface area contributed by atoms with Gasteiger partial charge >= 0.3 is 10.4 Å². The fourth-order valence-electron chi connectivity index (χ4n) is 3.65. The molecule has 160 valence electrons. The predicted molar refractivity (Wildman–Crippen MR) is 103 cm³/mol. The van der Waals surface area contributed by atoms with Crippen LogP contribution in [0.3, 0.4) is 0 Å². The zero-order valence-electron chi connectivity index (χ0n) is 16.5. The van der Waals surface area contributed by atoms with Crippen molar-refractivity contribution in [1.29, 1.82) is 0 Å². The molecular formula is C17H28N2O7S2. The van der Waals surface area contributed by atoms with Gasteiger partial charge in [-0.3, -0.25) is 14.4 Å². The summed E-state index contributed by atoms with van der Waals surface area (Å²) in [5.41, 5.74) is 4.83. The van der Waals surface area contributed by atoms with Crippen molar-refractivity contribution in [2.24, 2.45) is 28.9 Å². The first-order valence-corrected chi connectivity index (χ1v) is 11.5. The molecule has 0 radical (unpaired) electrons. The average Bonchev–Trinajstić information content (AvgIpc) is 2.69. The zero-order valence-corrected chi connectivity index (χ0v) is 18.2. The minimum atomic E-state index is -4.44. The highest BCUT2D eigenvalue weighted by molar-refractivity contribution is 8.13. The van der Waals surface area contributed by atoms with E-state index in [1.165, 1.54) is 18.7 Å². The fraction of sp³-hybridized carbons (Fsp3) is 0.824. The average molecular weight is 437 g/mol. The quantitative estimate of drug-likeness (QED) is 0.506. The number of fused-ring (bicyclic) bond motifs is 1. The summed E-state index contributed by atoms with van der Waals surface area (Å²) in [6.45, 7) is 6.75. The van der Waals surface area contributed by atoms with Crippen LogP contribution in [0.25, 0.3) is 0 Å². The molecule has 0 aromatic heterocycles. The summed E-state index contributed by atoms with van der Waals surface area (Å²) in [5.74, 6) is -1.82. The van der Waals surface area contributed by atoms with E-state index in [0.717, 1.165) is 11.5 Å². The Hall–Kier alpha value is -1.17. The van der Waals surface area contributed by atoms with E-state index in [4.69, 9.17) is 14.2 Å². The van der Waals surface area contributed by atoms with Crippen molar-refractivity contribution in [1.82, 2.24) is 5.06 Å². The monoisotopic (exact) mass is 436 g/mol. The maximum Gasteiger partial charge on any atom is 0.421 e. The van der Waals surface area contributed by atoms with Crippen LogP contribution in [0.4, 0.5) is 0 Å². The van der Waals surface area contributed by atoms with Gasteiger partial charge in [-0.1, -0.05) is 25.6 Å². The van der Waals surface area contributed by atoms with Gasteiger partial charge in [-0.05, 0) is 37.5 Å². The van der Waals surface area contributed by atoms with Crippen LogP contribution < -0.4 is 5.73 Å². The second-order valence-electron chi connectivity index (χ2n) is 8.19. The molecule has 2 rings (SSSR count). The summed E-state index contributed by atoms with van der Waals surface area (Å²) < 4.78 is 34.3. The highest BCUT2D eigenvalue weighted by Gasteiger charge is 2.60. The number of hydrogen-bond acceptors (Lipinski definition) is 8. The van der Waals surface area contributed by atoms with E-state index in [-0.39, 0.29) is 17.6 Å². The van der Waals surface area contributed by atoms with Crippen LogP contribution in [-0.4, -0.2) is 48.8 Å². The molecule has 1 unspecified atom stereocenters. The Morgan fingerprint density at radius 2 is 2.00 bits per heavy atom. The van der Waals surface area contributed by atoms with Crippen LogP contribution in [-0.2, 0) is 33.2 Å². The number of thioether (sulfide) groups is 1. The molecule has 2 amide bonds. The molecule has 2 fully saturated rings. The second kappa shape index (κ2) is 8.68. The van der Waals surface area contributed by atoms with Gasteiger partial charge in [-0.2, -0.15) is 13.5 Å². The van der Waals surface area contributed by atoms with E-state index in [9.17, 15) is 22.8 Å². The molecule has 11 heteroatoms. The molecule has 2 N–H and O–H groups in total. The number of nitrogens with two attached hydrogens (primary N) is 1. The van der Waals surface area contributed by atoms with Crippen molar-refractivity contribution < 1.29 is 31.3 Å². The van der Waals surface area contributed by atoms with Gasteiger partial charge in [0, 0.05) is 12.7 Å². The van der Waals surface area contributed by atoms with Gasteiger partial charge in [-0.25, -0.2) is 4.18 Å². The maximum absolute atomic E-state index is 12.4. The number of rotatable bonds is 10. The van der Waals surface area contributed by atoms with Crippen molar-refractivity contribution in [3.05, 3.63) is 0 Å². The van der Waals surface area contributed by atoms with Crippen LogP contribution in [0.2, 0.25) is 0 Å². The first kappa shape index (κ1) is 23.1. The molecule has 28 heavy (non-hydrogen) atoms. The Labute approximate surface area is 169 Å². The number of hydroxylamine groups is 2. The van der Waals surface area contributed by atoms with Gasteiger partial charge in [0.25, 0.3) is 5.91 Å². The number of carbonyl (C=O) groups is 3. The van der Waals surface area contributed by atoms with Crippen LogP contribution in [0.5, 0.6) is 0 Å². The molecule has 0 bridgehead atoms. The third-order valence-electron chi connectivity index (χ3n) is 5.35. The molecule has 2 aliphatic rings. The minimum absolute atomic E-state index is 0.0435. The lowest BCUT2D eigenvalue weighted by atomic mass is 9.64. The number of nitrogens with zero attached hydrogens (tertiary/aromatic N) is 1. The normalized spacial score (nSPS) is 27.4. The number of carbonyl (C=O) groups excluding carboxylic acids is 3.